The molecule has 0 aliphatic carbocycles. The molecule has 0 N–H and O–H groups in total. The highest BCUT2D eigenvalue weighted by atomic mass is 79.9. The summed E-state index contributed by atoms with van der Waals surface area (Å²) in [4.78, 5) is 24.5. The Morgan fingerprint density at radius 2 is 1.71 bits per heavy atom. The molecular formula is C18H16BrFO4. The largest absolute Gasteiger partial charge is 0.462 e. The van der Waals surface area contributed by atoms with E-state index in [-0.39, 0.29) is 29.4 Å². The van der Waals surface area contributed by atoms with Crippen LogP contribution in [0, 0.1) is 11.7 Å². The van der Waals surface area contributed by atoms with E-state index < -0.39 is 17.8 Å². The maximum absolute atomic E-state index is 13.1. The van der Waals surface area contributed by atoms with Gasteiger partial charge in [-0.15, -0.1) is 0 Å². The van der Waals surface area contributed by atoms with Crippen LogP contribution in [0.3, 0.4) is 0 Å². The van der Waals surface area contributed by atoms with Crippen LogP contribution < -0.4 is 4.74 Å². The molecule has 4 nitrogen and oxygen atoms in total. The minimum absolute atomic E-state index is 0.0856. The van der Waals surface area contributed by atoms with Crippen LogP contribution in [0.25, 0.3) is 0 Å². The SMILES string of the molecule is CC(C)COC(=O)c1ccccc1C(=O)Oc1ccc(F)cc1Br. The second-order valence-corrected chi connectivity index (χ2v) is 6.36. The monoisotopic (exact) mass is 394 g/mol. The zero-order chi connectivity index (χ0) is 17.7. The van der Waals surface area contributed by atoms with E-state index in [9.17, 15) is 14.0 Å². The Hall–Kier alpha value is -2.21. The summed E-state index contributed by atoms with van der Waals surface area (Å²) in [5.41, 5.74) is 0.212. The number of ether oxygens (including phenoxy) is 2. The summed E-state index contributed by atoms with van der Waals surface area (Å²) in [6, 6.07) is 9.93. The molecular weight excluding hydrogens is 379 g/mol. The topological polar surface area (TPSA) is 52.6 Å². The van der Waals surface area contributed by atoms with Crippen molar-refractivity contribution in [3.63, 3.8) is 0 Å². The van der Waals surface area contributed by atoms with E-state index in [1.165, 1.54) is 30.3 Å². The Morgan fingerprint density at radius 1 is 1.08 bits per heavy atom. The molecule has 2 aromatic rings. The second kappa shape index (κ2) is 8.06. The zero-order valence-corrected chi connectivity index (χ0v) is 14.8. The first kappa shape index (κ1) is 18.1. The minimum atomic E-state index is -0.723. The summed E-state index contributed by atoms with van der Waals surface area (Å²) in [6.07, 6.45) is 0. The van der Waals surface area contributed by atoms with E-state index in [4.69, 9.17) is 9.47 Å². The lowest BCUT2D eigenvalue weighted by Crippen LogP contribution is -2.17. The third-order valence-corrected chi connectivity index (χ3v) is 3.63. The Bertz CT molecular complexity index is 758. The van der Waals surface area contributed by atoms with Crippen molar-refractivity contribution >= 4 is 27.9 Å². The molecule has 0 aliphatic rings. The lowest BCUT2D eigenvalue weighted by molar-refractivity contribution is 0.0452. The average Bonchev–Trinajstić information content (AvgIpc) is 2.55. The molecule has 6 heteroatoms. The fourth-order valence-corrected chi connectivity index (χ4v) is 2.30. The summed E-state index contributed by atoms with van der Waals surface area (Å²) >= 11 is 3.13. The quantitative estimate of drug-likeness (QED) is 0.548. The summed E-state index contributed by atoms with van der Waals surface area (Å²) in [5, 5.41) is 0. The summed E-state index contributed by atoms with van der Waals surface area (Å²) < 4.78 is 23.8. The smallest absolute Gasteiger partial charge is 0.344 e. The molecule has 0 fully saturated rings. The first-order valence-corrected chi connectivity index (χ1v) is 8.11. The Kier molecular flexibility index (Phi) is 6.09. The Balaban J connectivity index is 2.22. The van der Waals surface area contributed by atoms with E-state index in [0.29, 0.717) is 4.47 Å². The van der Waals surface area contributed by atoms with Crippen LogP contribution in [0.1, 0.15) is 34.6 Å². The molecule has 0 amide bonds. The van der Waals surface area contributed by atoms with E-state index in [1.807, 2.05) is 13.8 Å². The van der Waals surface area contributed by atoms with Crippen molar-refractivity contribution < 1.29 is 23.5 Å². The molecule has 24 heavy (non-hydrogen) atoms. The Labute approximate surface area is 147 Å². The highest BCUT2D eigenvalue weighted by Gasteiger charge is 2.20. The predicted octanol–water partition coefficient (Wildman–Crippen LogP) is 4.62. The Morgan fingerprint density at radius 3 is 2.29 bits per heavy atom. The van der Waals surface area contributed by atoms with Gasteiger partial charge in [0.15, 0.2) is 0 Å². The molecule has 0 radical (unpaired) electrons. The van der Waals surface area contributed by atoms with Gasteiger partial charge in [0.2, 0.25) is 0 Å². The van der Waals surface area contributed by atoms with Gasteiger partial charge in [-0.3, -0.25) is 0 Å². The van der Waals surface area contributed by atoms with Gasteiger partial charge in [0.25, 0.3) is 0 Å². The minimum Gasteiger partial charge on any atom is -0.462 e. The van der Waals surface area contributed by atoms with Crippen molar-refractivity contribution in [1.29, 1.82) is 0 Å². The van der Waals surface area contributed by atoms with Crippen LogP contribution in [0.15, 0.2) is 46.9 Å². The van der Waals surface area contributed by atoms with Crippen molar-refractivity contribution in [2.45, 2.75) is 13.8 Å². The maximum Gasteiger partial charge on any atom is 0.344 e. The molecule has 0 unspecified atom stereocenters. The van der Waals surface area contributed by atoms with Crippen molar-refractivity contribution in [2.75, 3.05) is 6.61 Å². The molecule has 0 saturated carbocycles. The zero-order valence-electron chi connectivity index (χ0n) is 13.2. The van der Waals surface area contributed by atoms with Gasteiger partial charge < -0.3 is 9.47 Å². The fraction of sp³-hybridized carbons (Fsp3) is 0.222. The van der Waals surface area contributed by atoms with Gasteiger partial charge in [-0.05, 0) is 52.2 Å². The molecule has 126 valence electrons. The van der Waals surface area contributed by atoms with Gasteiger partial charge in [0.05, 0.1) is 22.2 Å². The van der Waals surface area contributed by atoms with Crippen molar-refractivity contribution in [1.82, 2.24) is 0 Å². The summed E-state index contributed by atoms with van der Waals surface area (Å²) in [6.45, 7) is 4.09. The van der Waals surface area contributed by atoms with E-state index >= 15 is 0 Å². The standard InChI is InChI=1S/C18H16BrFO4/c1-11(2)10-23-17(21)13-5-3-4-6-14(13)18(22)24-16-8-7-12(20)9-15(16)19/h3-9,11H,10H2,1-2H3. The van der Waals surface area contributed by atoms with E-state index in [1.54, 1.807) is 12.1 Å². The number of halogens is 2. The normalized spacial score (nSPS) is 10.5. The second-order valence-electron chi connectivity index (χ2n) is 5.50. The number of carbonyl (C=O) groups is 2. The van der Waals surface area contributed by atoms with Crippen LogP contribution in [0.2, 0.25) is 0 Å². The van der Waals surface area contributed by atoms with Crippen LogP contribution in [-0.2, 0) is 4.74 Å². The highest BCUT2D eigenvalue weighted by molar-refractivity contribution is 9.10. The first-order chi connectivity index (χ1) is 11.4. The molecule has 0 heterocycles. The van der Waals surface area contributed by atoms with Crippen molar-refractivity contribution in [2.24, 2.45) is 5.92 Å². The van der Waals surface area contributed by atoms with Crippen LogP contribution in [0.5, 0.6) is 5.75 Å². The first-order valence-electron chi connectivity index (χ1n) is 7.32. The highest BCUT2D eigenvalue weighted by Crippen LogP contribution is 2.26. The molecule has 0 spiro atoms. The number of benzene rings is 2. The number of rotatable bonds is 5. The number of carbonyl (C=O) groups excluding carboxylic acids is 2. The third-order valence-electron chi connectivity index (χ3n) is 3.01. The third kappa shape index (κ3) is 4.64. The summed E-state index contributed by atoms with van der Waals surface area (Å²) in [5.74, 6) is -1.43. The molecule has 0 aliphatic heterocycles. The van der Waals surface area contributed by atoms with Crippen LogP contribution in [0.4, 0.5) is 4.39 Å². The van der Waals surface area contributed by atoms with Gasteiger partial charge in [-0.2, -0.15) is 0 Å². The van der Waals surface area contributed by atoms with Crippen molar-refractivity contribution in [3.8, 4) is 5.75 Å². The predicted molar refractivity (Wildman–Crippen MR) is 90.6 cm³/mol. The average molecular weight is 395 g/mol. The van der Waals surface area contributed by atoms with Gasteiger partial charge >= 0.3 is 11.9 Å². The van der Waals surface area contributed by atoms with E-state index in [0.717, 1.165) is 0 Å². The molecule has 0 saturated heterocycles. The van der Waals surface area contributed by atoms with Crippen LogP contribution >= 0.6 is 15.9 Å². The lowest BCUT2D eigenvalue weighted by Gasteiger charge is -2.11. The number of esters is 2. The van der Waals surface area contributed by atoms with Gasteiger partial charge in [-0.25, -0.2) is 14.0 Å². The van der Waals surface area contributed by atoms with Crippen molar-refractivity contribution in [3.05, 3.63) is 63.9 Å². The number of hydrogen-bond donors (Lipinski definition) is 0. The molecule has 0 aromatic heterocycles. The molecule has 2 aromatic carbocycles. The lowest BCUT2D eigenvalue weighted by atomic mass is 10.1. The van der Waals surface area contributed by atoms with E-state index in [2.05, 4.69) is 15.9 Å². The van der Waals surface area contributed by atoms with Gasteiger partial charge in [0, 0.05) is 0 Å². The van der Waals surface area contributed by atoms with Gasteiger partial charge in [-0.1, -0.05) is 26.0 Å². The maximum atomic E-state index is 13.1. The molecule has 0 atom stereocenters. The van der Waals surface area contributed by atoms with Crippen LogP contribution in [-0.4, -0.2) is 18.5 Å². The van der Waals surface area contributed by atoms with Gasteiger partial charge in [0.1, 0.15) is 11.6 Å². The number of hydrogen-bond acceptors (Lipinski definition) is 4. The summed E-state index contributed by atoms with van der Waals surface area (Å²) in [7, 11) is 0. The fourth-order valence-electron chi connectivity index (χ4n) is 1.87. The molecule has 0 bridgehead atoms. The molecule has 2 rings (SSSR count).